The van der Waals surface area contributed by atoms with E-state index in [0.29, 0.717) is 24.8 Å². The van der Waals surface area contributed by atoms with Gasteiger partial charge in [-0.3, -0.25) is 4.79 Å². The minimum Gasteiger partial charge on any atom is -0.496 e. The standard InChI is InChI=1S/C26H31NO4/c1-6-30-24-15-25-21(22(16-31-25)19-9-7-8-10-23(19)29-5)14-20(24)18(4)13-26(28)27-12-11-17(2)3/h7-10,13-17H,6,11-12H2,1-5H3,(H,27,28)/b18-13+. The lowest BCUT2D eigenvalue weighted by atomic mass is 9.98. The zero-order valence-electron chi connectivity index (χ0n) is 19.0. The van der Waals surface area contributed by atoms with Crippen LogP contribution in [0.25, 0.3) is 27.7 Å². The van der Waals surface area contributed by atoms with Crippen LogP contribution >= 0.6 is 0 Å². The molecule has 31 heavy (non-hydrogen) atoms. The number of methoxy groups -OCH3 is 1. The minimum atomic E-state index is -0.0992. The van der Waals surface area contributed by atoms with Gasteiger partial charge in [0.25, 0.3) is 0 Å². The summed E-state index contributed by atoms with van der Waals surface area (Å²) in [5.41, 5.74) is 4.31. The number of carbonyl (C=O) groups excluding carboxylic acids is 1. The van der Waals surface area contributed by atoms with Gasteiger partial charge in [-0.2, -0.15) is 0 Å². The maximum Gasteiger partial charge on any atom is 0.244 e. The average Bonchev–Trinajstić information content (AvgIpc) is 3.15. The normalized spacial score (nSPS) is 11.7. The maximum atomic E-state index is 12.4. The maximum absolute atomic E-state index is 12.4. The predicted molar refractivity (Wildman–Crippen MR) is 125 cm³/mol. The third-order valence-corrected chi connectivity index (χ3v) is 5.17. The first kappa shape index (κ1) is 22.5. The highest BCUT2D eigenvalue weighted by Gasteiger charge is 2.17. The summed E-state index contributed by atoms with van der Waals surface area (Å²) in [5.74, 6) is 1.92. The lowest BCUT2D eigenvalue weighted by molar-refractivity contribution is -0.116. The number of hydrogen-bond donors (Lipinski definition) is 1. The van der Waals surface area contributed by atoms with E-state index in [4.69, 9.17) is 13.9 Å². The van der Waals surface area contributed by atoms with Gasteiger partial charge in [0.05, 0.1) is 20.0 Å². The topological polar surface area (TPSA) is 60.7 Å². The number of rotatable bonds is 9. The second-order valence-corrected chi connectivity index (χ2v) is 7.93. The van der Waals surface area contributed by atoms with Crippen molar-refractivity contribution in [3.8, 4) is 22.6 Å². The number of furan rings is 1. The molecule has 5 nitrogen and oxygen atoms in total. The van der Waals surface area contributed by atoms with E-state index < -0.39 is 0 Å². The molecule has 0 aliphatic heterocycles. The summed E-state index contributed by atoms with van der Waals surface area (Å²) in [6, 6.07) is 11.8. The highest BCUT2D eigenvalue weighted by molar-refractivity contribution is 6.01. The van der Waals surface area contributed by atoms with E-state index in [-0.39, 0.29) is 5.91 Å². The molecule has 0 spiro atoms. The summed E-state index contributed by atoms with van der Waals surface area (Å²) in [6.45, 7) is 9.33. The van der Waals surface area contributed by atoms with Crippen molar-refractivity contribution < 1.29 is 18.7 Å². The van der Waals surface area contributed by atoms with Crippen molar-refractivity contribution in [2.24, 2.45) is 5.92 Å². The van der Waals surface area contributed by atoms with E-state index in [0.717, 1.165) is 45.4 Å². The number of nitrogens with one attached hydrogen (secondary N) is 1. The molecule has 0 bridgehead atoms. The Bertz CT molecular complexity index is 1080. The van der Waals surface area contributed by atoms with Crippen LogP contribution in [0.2, 0.25) is 0 Å². The fourth-order valence-corrected chi connectivity index (χ4v) is 3.52. The Kier molecular flexibility index (Phi) is 7.40. The Morgan fingerprint density at radius 1 is 1.16 bits per heavy atom. The second kappa shape index (κ2) is 10.2. The first-order chi connectivity index (χ1) is 14.9. The van der Waals surface area contributed by atoms with Crippen molar-refractivity contribution in [2.75, 3.05) is 20.3 Å². The summed E-state index contributed by atoms with van der Waals surface area (Å²) in [6.07, 6.45) is 4.32. The minimum absolute atomic E-state index is 0.0992. The average molecular weight is 422 g/mol. The molecule has 0 unspecified atom stereocenters. The van der Waals surface area contributed by atoms with Crippen LogP contribution in [0, 0.1) is 5.92 Å². The van der Waals surface area contributed by atoms with Gasteiger partial charge in [0.15, 0.2) is 0 Å². The van der Waals surface area contributed by atoms with Crippen LogP contribution in [-0.2, 0) is 4.79 Å². The molecule has 3 aromatic rings. The van der Waals surface area contributed by atoms with Crippen molar-refractivity contribution in [2.45, 2.75) is 34.1 Å². The molecule has 164 valence electrons. The van der Waals surface area contributed by atoms with Gasteiger partial charge in [0.2, 0.25) is 5.91 Å². The SMILES string of the molecule is CCOc1cc2occ(-c3ccccc3OC)c2cc1/C(C)=C/C(=O)NCCC(C)C. The predicted octanol–water partition coefficient (Wildman–Crippen LogP) is 6.07. The van der Waals surface area contributed by atoms with Crippen LogP contribution in [0.5, 0.6) is 11.5 Å². The van der Waals surface area contributed by atoms with E-state index in [9.17, 15) is 4.79 Å². The molecule has 3 rings (SSSR count). The Hall–Kier alpha value is -3.21. The molecule has 0 aliphatic rings. The Labute approximate surface area is 184 Å². The molecular weight excluding hydrogens is 390 g/mol. The van der Waals surface area contributed by atoms with Gasteiger partial charge in [0, 0.05) is 40.8 Å². The Morgan fingerprint density at radius 2 is 1.94 bits per heavy atom. The summed E-state index contributed by atoms with van der Waals surface area (Å²) >= 11 is 0. The van der Waals surface area contributed by atoms with Gasteiger partial charge in [-0.15, -0.1) is 0 Å². The monoisotopic (exact) mass is 421 g/mol. The smallest absolute Gasteiger partial charge is 0.244 e. The van der Waals surface area contributed by atoms with E-state index in [1.807, 2.05) is 50.2 Å². The molecule has 0 radical (unpaired) electrons. The molecule has 1 amide bonds. The van der Waals surface area contributed by atoms with Crippen molar-refractivity contribution in [3.05, 3.63) is 54.3 Å². The quantitative estimate of drug-likeness (QED) is 0.426. The van der Waals surface area contributed by atoms with Crippen LogP contribution < -0.4 is 14.8 Å². The number of para-hydroxylation sites is 1. The number of ether oxygens (including phenoxy) is 2. The van der Waals surface area contributed by atoms with Crippen molar-refractivity contribution in [1.82, 2.24) is 5.32 Å². The molecule has 1 N–H and O–H groups in total. The number of amides is 1. The van der Waals surface area contributed by atoms with Crippen molar-refractivity contribution in [3.63, 3.8) is 0 Å². The van der Waals surface area contributed by atoms with Gasteiger partial charge >= 0.3 is 0 Å². The highest BCUT2D eigenvalue weighted by Crippen LogP contribution is 2.40. The zero-order chi connectivity index (χ0) is 22.4. The van der Waals surface area contributed by atoms with Gasteiger partial charge in [-0.25, -0.2) is 0 Å². The fourth-order valence-electron chi connectivity index (χ4n) is 3.52. The number of hydrogen-bond acceptors (Lipinski definition) is 4. The second-order valence-electron chi connectivity index (χ2n) is 7.93. The van der Waals surface area contributed by atoms with Crippen LogP contribution in [0.4, 0.5) is 0 Å². The lowest BCUT2D eigenvalue weighted by Gasteiger charge is -2.12. The van der Waals surface area contributed by atoms with E-state index in [2.05, 4.69) is 19.2 Å². The summed E-state index contributed by atoms with van der Waals surface area (Å²) in [4.78, 5) is 12.4. The van der Waals surface area contributed by atoms with Crippen LogP contribution in [-0.4, -0.2) is 26.2 Å². The lowest BCUT2D eigenvalue weighted by Crippen LogP contribution is -2.23. The number of benzene rings is 2. The fraction of sp³-hybridized carbons (Fsp3) is 0.346. The number of carbonyl (C=O) groups is 1. The largest absolute Gasteiger partial charge is 0.496 e. The first-order valence-electron chi connectivity index (χ1n) is 10.7. The molecule has 0 saturated carbocycles. The number of allylic oxidation sites excluding steroid dienone is 1. The van der Waals surface area contributed by atoms with Gasteiger partial charge < -0.3 is 19.2 Å². The molecular formula is C26H31NO4. The van der Waals surface area contributed by atoms with Gasteiger partial charge in [-0.1, -0.05) is 32.0 Å². The van der Waals surface area contributed by atoms with Crippen LogP contribution in [0.1, 0.15) is 39.7 Å². The molecule has 5 heteroatoms. The van der Waals surface area contributed by atoms with Gasteiger partial charge in [-0.05, 0) is 43.9 Å². The van der Waals surface area contributed by atoms with Crippen LogP contribution in [0.15, 0.2) is 53.2 Å². The third kappa shape index (κ3) is 5.29. The van der Waals surface area contributed by atoms with E-state index >= 15 is 0 Å². The highest BCUT2D eigenvalue weighted by atomic mass is 16.5. The molecule has 0 aliphatic carbocycles. The van der Waals surface area contributed by atoms with E-state index in [1.165, 1.54) is 0 Å². The molecule has 2 aromatic carbocycles. The Morgan fingerprint density at radius 3 is 2.65 bits per heavy atom. The first-order valence-corrected chi connectivity index (χ1v) is 10.7. The van der Waals surface area contributed by atoms with Gasteiger partial charge in [0.1, 0.15) is 17.1 Å². The molecule has 0 atom stereocenters. The zero-order valence-corrected chi connectivity index (χ0v) is 19.0. The number of fused-ring (bicyclic) bond motifs is 1. The summed E-state index contributed by atoms with van der Waals surface area (Å²) in [7, 11) is 1.66. The molecule has 0 fully saturated rings. The van der Waals surface area contributed by atoms with E-state index in [1.54, 1.807) is 19.4 Å². The Balaban J connectivity index is 2.02. The molecule has 1 aromatic heterocycles. The molecule has 1 heterocycles. The summed E-state index contributed by atoms with van der Waals surface area (Å²) < 4.78 is 17.2. The molecule has 0 saturated heterocycles. The van der Waals surface area contributed by atoms with Crippen molar-refractivity contribution >= 4 is 22.4 Å². The summed E-state index contributed by atoms with van der Waals surface area (Å²) in [5, 5.41) is 3.90. The van der Waals surface area contributed by atoms with Crippen LogP contribution in [0.3, 0.4) is 0 Å². The third-order valence-electron chi connectivity index (χ3n) is 5.17. The van der Waals surface area contributed by atoms with Crippen molar-refractivity contribution in [1.29, 1.82) is 0 Å².